The summed E-state index contributed by atoms with van der Waals surface area (Å²) >= 11 is 0. The van der Waals surface area contributed by atoms with Crippen molar-refractivity contribution in [2.45, 2.75) is 6.92 Å². The summed E-state index contributed by atoms with van der Waals surface area (Å²) in [6.45, 7) is 6.84. The van der Waals surface area contributed by atoms with Crippen LogP contribution in [0.3, 0.4) is 0 Å². The van der Waals surface area contributed by atoms with Gasteiger partial charge in [0.2, 0.25) is 0 Å². The molecule has 1 unspecified atom stereocenters. The second kappa shape index (κ2) is 8.68. The third-order valence-electron chi connectivity index (χ3n) is 5.11. The first-order valence-corrected chi connectivity index (χ1v) is 9.90. The van der Waals surface area contributed by atoms with E-state index in [-0.39, 0.29) is 17.3 Å². The number of fused-ring (bicyclic) bond motifs is 1. The van der Waals surface area contributed by atoms with Gasteiger partial charge in [0.25, 0.3) is 0 Å². The Bertz CT molecular complexity index is 1020. The van der Waals surface area contributed by atoms with Gasteiger partial charge in [0.05, 0.1) is 25.2 Å². The Kier molecular flexibility index (Phi) is 5.83. The van der Waals surface area contributed by atoms with Crippen LogP contribution in [0.2, 0.25) is 0 Å². The molecule has 29 heavy (non-hydrogen) atoms. The highest BCUT2D eigenvalue weighted by molar-refractivity contribution is 5.93. The van der Waals surface area contributed by atoms with Gasteiger partial charge in [0, 0.05) is 25.6 Å². The van der Waals surface area contributed by atoms with Crippen LogP contribution >= 0.6 is 0 Å². The van der Waals surface area contributed by atoms with Crippen molar-refractivity contribution in [3.63, 3.8) is 0 Å². The van der Waals surface area contributed by atoms with Crippen LogP contribution < -0.4 is 10.4 Å². The van der Waals surface area contributed by atoms with Gasteiger partial charge >= 0.3 is 5.63 Å². The number of nitrogens with zero attached hydrogens (tertiary/aromatic N) is 1. The van der Waals surface area contributed by atoms with Crippen LogP contribution in [0.1, 0.15) is 6.92 Å². The van der Waals surface area contributed by atoms with Crippen molar-refractivity contribution < 1.29 is 19.0 Å². The van der Waals surface area contributed by atoms with Crippen molar-refractivity contribution in [3.05, 3.63) is 59.0 Å². The molecule has 2 aromatic carbocycles. The molecule has 1 aromatic heterocycles. The van der Waals surface area contributed by atoms with E-state index in [1.54, 1.807) is 12.1 Å². The smallest absolute Gasteiger partial charge is 0.348 e. The van der Waals surface area contributed by atoms with E-state index in [1.807, 2.05) is 30.3 Å². The molecule has 0 amide bonds. The number of phenolic OH excluding ortho intramolecular Hbond substituents is 1. The molecule has 6 heteroatoms. The number of morpholine rings is 1. The van der Waals surface area contributed by atoms with E-state index < -0.39 is 5.63 Å². The molecule has 0 spiro atoms. The highest BCUT2D eigenvalue weighted by atomic mass is 16.5. The average molecular weight is 395 g/mol. The monoisotopic (exact) mass is 395 g/mol. The fraction of sp³-hybridized carbons (Fsp3) is 0.348. The lowest BCUT2D eigenvalue weighted by Crippen LogP contribution is -2.39. The largest absolute Gasteiger partial charge is 0.504 e. The molecule has 1 saturated heterocycles. The summed E-state index contributed by atoms with van der Waals surface area (Å²) in [5, 5.41) is 10.8. The van der Waals surface area contributed by atoms with Crippen LogP contribution in [0.4, 0.5) is 0 Å². The number of rotatable bonds is 6. The predicted octanol–water partition coefficient (Wildman–Crippen LogP) is 3.51. The first kappa shape index (κ1) is 19.5. The lowest BCUT2D eigenvalue weighted by atomic mass is 10.0. The summed E-state index contributed by atoms with van der Waals surface area (Å²) in [6, 6.07) is 14.3. The molecule has 2 heterocycles. The zero-order valence-electron chi connectivity index (χ0n) is 16.5. The fourth-order valence-electron chi connectivity index (χ4n) is 3.69. The number of phenols is 1. The van der Waals surface area contributed by atoms with E-state index in [0.29, 0.717) is 23.3 Å². The number of hydrogen-bond acceptors (Lipinski definition) is 6. The van der Waals surface area contributed by atoms with E-state index in [4.69, 9.17) is 13.9 Å². The summed E-state index contributed by atoms with van der Waals surface area (Å²) in [6.07, 6.45) is 0. The van der Waals surface area contributed by atoms with E-state index in [2.05, 4.69) is 11.8 Å². The Hall–Kier alpha value is -2.83. The highest BCUT2D eigenvalue weighted by Crippen LogP contribution is 2.37. The first-order chi connectivity index (χ1) is 14.1. The normalized spacial score (nSPS) is 16.0. The minimum Gasteiger partial charge on any atom is -0.504 e. The van der Waals surface area contributed by atoms with Crippen LogP contribution in [0.5, 0.6) is 11.5 Å². The maximum Gasteiger partial charge on any atom is 0.348 e. The molecule has 1 atom stereocenters. The molecule has 6 nitrogen and oxygen atoms in total. The van der Waals surface area contributed by atoms with Crippen molar-refractivity contribution in [1.29, 1.82) is 0 Å². The molecule has 0 bridgehead atoms. The lowest BCUT2D eigenvalue weighted by Gasteiger charge is -2.29. The molecule has 1 N–H and O–H groups in total. The van der Waals surface area contributed by atoms with E-state index in [9.17, 15) is 9.90 Å². The van der Waals surface area contributed by atoms with E-state index in [1.165, 1.54) is 6.07 Å². The van der Waals surface area contributed by atoms with Crippen molar-refractivity contribution in [2.75, 3.05) is 39.5 Å². The zero-order chi connectivity index (χ0) is 20.2. The Morgan fingerprint density at radius 3 is 2.62 bits per heavy atom. The molecule has 152 valence electrons. The number of aromatic hydroxyl groups is 1. The molecule has 0 radical (unpaired) electrons. The third-order valence-corrected chi connectivity index (χ3v) is 5.11. The van der Waals surface area contributed by atoms with Crippen LogP contribution in [0, 0.1) is 5.92 Å². The average Bonchev–Trinajstić information content (AvgIpc) is 2.74. The Morgan fingerprint density at radius 1 is 1.10 bits per heavy atom. The molecule has 3 aromatic rings. The summed E-state index contributed by atoms with van der Waals surface area (Å²) in [5.74, 6) is 0.633. The SMILES string of the molecule is CC(COc1c(-c2ccccc2)c(=O)oc2c(O)cccc12)CN1CCOCC1. The fourth-order valence-corrected chi connectivity index (χ4v) is 3.69. The second-order valence-electron chi connectivity index (χ2n) is 7.44. The van der Waals surface area contributed by atoms with Gasteiger partial charge in [-0.25, -0.2) is 4.79 Å². The van der Waals surface area contributed by atoms with Crippen molar-refractivity contribution >= 4 is 11.0 Å². The topological polar surface area (TPSA) is 72.1 Å². The predicted molar refractivity (Wildman–Crippen MR) is 112 cm³/mol. The van der Waals surface area contributed by atoms with Gasteiger partial charge in [-0.3, -0.25) is 4.90 Å². The minimum atomic E-state index is -0.527. The number of benzene rings is 2. The van der Waals surface area contributed by atoms with Crippen LogP contribution in [0.25, 0.3) is 22.1 Å². The van der Waals surface area contributed by atoms with Crippen molar-refractivity contribution in [3.8, 4) is 22.6 Å². The number of hydrogen-bond donors (Lipinski definition) is 1. The Morgan fingerprint density at radius 2 is 1.86 bits per heavy atom. The van der Waals surface area contributed by atoms with Gasteiger partial charge in [-0.05, 0) is 17.7 Å². The molecule has 1 aliphatic rings. The summed E-state index contributed by atoms with van der Waals surface area (Å²) < 4.78 is 17.1. The molecule has 0 saturated carbocycles. The molecular weight excluding hydrogens is 370 g/mol. The van der Waals surface area contributed by atoms with Gasteiger partial charge in [0.15, 0.2) is 11.3 Å². The molecular formula is C23H25NO5. The molecule has 1 aliphatic heterocycles. The minimum absolute atomic E-state index is 0.0783. The maximum absolute atomic E-state index is 12.8. The van der Waals surface area contributed by atoms with Crippen molar-refractivity contribution in [1.82, 2.24) is 4.90 Å². The standard InChI is InChI=1S/C23H25NO5/c1-16(14-24-10-12-27-13-11-24)15-28-22-18-8-5-9-19(25)21(18)29-23(26)20(22)17-6-3-2-4-7-17/h2-9,16,25H,10-15H2,1H3. The van der Waals surface area contributed by atoms with E-state index in [0.717, 1.165) is 38.4 Å². The highest BCUT2D eigenvalue weighted by Gasteiger charge is 2.21. The maximum atomic E-state index is 12.8. The number of ether oxygens (including phenoxy) is 2. The number of para-hydroxylation sites is 1. The van der Waals surface area contributed by atoms with Gasteiger partial charge in [-0.15, -0.1) is 0 Å². The Labute approximate surface area is 169 Å². The molecule has 1 fully saturated rings. The van der Waals surface area contributed by atoms with Gasteiger partial charge < -0.3 is 19.0 Å². The molecule has 0 aliphatic carbocycles. The van der Waals surface area contributed by atoms with Crippen LogP contribution in [-0.4, -0.2) is 49.5 Å². The Balaban J connectivity index is 1.67. The lowest BCUT2D eigenvalue weighted by molar-refractivity contribution is 0.0284. The second-order valence-corrected chi connectivity index (χ2v) is 7.44. The summed E-state index contributed by atoms with van der Waals surface area (Å²) in [7, 11) is 0. The third kappa shape index (κ3) is 4.28. The first-order valence-electron chi connectivity index (χ1n) is 9.90. The summed E-state index contributed by atoms with van der Waals surface area (Å²) in [4.78, 5) is 15.1. The van der Waals surface area contributed by atoms with Gasteiger partial charge in [-0.2, -0.15) is 0 Å². The van der Waals surface area contributed by atoms with Crippen LogP contribution in [-0.2, 0) is 4.74 Å². The zero-order valence-corrected chi connectivity index (χ0v) is 16.5. The van der Waals surface area contributed by atoms with Crippen molar-refractivity contribution in [2.24, 2.45) is 5.92 Å². The van der Waals surface area contributed by atoms with Gasteiger partial charge in [0.1, 0.15) is 11.3 Å². The van der Waals surface area contributed by atoms with E-state index >= 15 is 0 Å². The molecule has 4 rings (SSSR count). The summed E-state index contributed by atoms with van der Waals surface area (Å²) in [5.41, 5.74) is 0.721. The van der Waals surface area contributed by atoms with Gasteiger partial charge in [-0.1, -0.05) is 43.3 Å². The quantitative estimate of drug-likeness (QED) is 0.644. The van der Waals surface area contributed by atoms with Crippen LogP contribution in [0.15, 0.2) is 57.7 Å².